The van der Waals surface area contributed by atoms with Gasteiger partial charge in [0.15, 0.2) is 11.0 Å². The normalized spacial score (nSPS) is 11.9. The number of hydrogen-bond donors (Lipinski definition) is 0. The number of aromatic nitrogens is 3. The van der Waals surface area contributed by atoms with Crippen LogP contribution in [0.15, 0.2) is 109 Å². The fourth-order valence-corrected chi connectivity index (χ4v) is 4.29. The smallest absolute Gasteiger partial charge is 0.196 e. The minimum atomic E-state index is 0.231. The second kappa shape index (κ2) is 8.72. The first-order valence-electron chi connectivity index (χ1n) is 9.25. The third-order valence-corrected chi connectivity index (χ3v) is 5.70. The minimum absolute atomic E-state index is 0.231. The standard InChI is InChI=1S/C24H21N3S/c1-2-12-22(19-13-6-3-7-14-19)28-24-26-25-23(20-15-8-4-9-16-20)27(24)21-17-10-5-11-18-21/h2-11,13-18,22H,1,12H2. The Kier molecular flexibility index (Phi) is 5.69. The molecule has 1 aromatic heterocycles. The molecule has 0 aliphatic rings. The number of nitrogens with zero attached hydrogens (tertiary/aromatic N) is 3. The molecule has 0 bridgehead atoms. The van der Waals surface area contributed by atoms with E-state index in [4.69, 9.17) is 0 Å². The van der Waals surface area contributed by atoms with Crippen LogP contribution in [-0.4, -0.2) is 14.8 Å². The molecular formula is C24H21N3S. The van der Waals surface area contributed by atoms with Crippen molar-refractivity contribution < 1.29 is 0 Å². The van der Waals surface area contributed by atoms with Crippen LogP contribution in [-0.2, 0) is 0 Å². The van der Waals surface area contributed by atoms with Gasteiger partial charge in [-0.1, -0.05) is 96.7 Å². The van der Waals surface area contributed by atoms with Crippen LogP contribution in [0, 0.1) is 0 Å². The topological polar surface area (TPSA) is 30.7 Å². The Morgan fingerprint density at radius 2 is 1.43 bits per heavy atom. The molecule has 1 atom stereocenters. The summed E-state index contributed by atoms with van der Waals surface area (Å²) in [6.07, 6.45) is 2.82. The van der Waals surface area contributed by atoms with Crippen LogP contribution in [0.1, 0.15) is 17.2 Å². The van der Waals surface area contributed by atoms with Gasteiger partial charge in [0.25, 0.3) is 0 Å². The number of para-hydroxylation sites is 1. The molecule has 138 valence electrons. The molecule has 28 heavy (non-hydrogen) atoms. The SMILES string of the molecule is C=CCC(Sc1nnc(-c2ccccc2)n1-c1ccccc1)c1ccccc1. The number of benzene rings is 3. The summed E-state index contributed by atoms with van der Waals surface area (Å²) in [7, 11) is 0. The summed E-state index contributed by atoms with van der Waals surface area (Å²) >= 11 is 1.72. The molecule has 0 N–H and O–H groups in total. The zero-order valence-corrected chi connectivity index (χ0v) is 16.3. The molecule has 0 aliphatic heterocycles. The van der Waals surface area contributed by atoms with E-state index in [1.807, 2.05) is 48.5 Å². The highest BCUT2D eigenvalue weighted by atomic mass is 32.2. The maximum absolute atomic E-state index is 4.56. The summed E-state index contributed by atoms with van der Waals surface area (Å²) in [6.45, 7) is 3.94. The Labute approximate surface area is 169 Å². The van der Waals surface area contributed by atoms with Crippen LogP contribution in [0.2, 0.25) is 0 Å². The fraction of sp³-hybridized carbons (Fsp3) is 0.0833. The van der Waals surface area contributed by atoms with Crippen molar-refractivity contribution in [1.29, 1.82) is 0 Å². The Morgan fingerprint density at radius 1 is 0.821 bits per heavy atom. The van der Waals surface area contributed by atoms with Crippen molar-refractivity contribution in [1.82, 2.24) is 14.8 Å². The predicted molar refractivity (Wildman–Crippen MR) is 117 cm³/mol. The van der Waals surface area contributed by atoms with Gasteiger partial charge in [0.1, 0.15) is 0 Å². The first-order valence-corrected chi connectivity index (χ1v) is 10.1. The summed E-state index contributed by atoms with van der Waals surface area (Å²) in [6, 6.07) is 31.0. The molecule has 1 heterocycles. The first-order chi connectivity index (χ1) is 13.9. The molecule has 0 spiro atoms. The molecule has 4 heteroatoms. The van der Waals surface area contributed by atoms with Crippen LogP contribution in [0.5, 0.6) is 0 Å². The monoisotopic (exact) mass is 383 g/mol. The molecule has 3 aromatic carbocycles. The highest BCUT2D eigenvalue weighted by molar-refractivity contribution is 7.99. The van der Waals surface area contributed by atoms with Crippen molar-refractivity contribution in [2.45, 2.75) is 16.8 Å². The Bertz CT molecular complexity index is 1030. The average molecular weight is 384 g/mol. The summed E-state index contributed by atoms with van der Waals surface area (Å²) in [4.78, 5) is 0. The third kappa shape index (κ3) is 3.92. The lowest BCUT2D eigenvalue weighted by Gasteiger charge is -2.16. The Hall–Kier alpha value is -3.11. The van der Waals surface area contributed by atoms with E-state index in [1.165, 1.54) is 5.56 Å². The second-order valence-corrected chi connectivity index (χ2v) is 7.55. The minimum Gasteiger partial charge on any atom is -0.270 e. The largest absolute Gasteiger partial charge is 0.270 e. The van der Waals surface area contributed by atoms with Gasteiger partial charge in [-0.2, -0.15) is 0 Å². The number of allylic oxidation sites excluding steroid dienone is 1. The molecule has 0 saturated heterocycles. The predicted octanol–water partition coefficient (Wildman–Crippen LogP) is 6.34. The third-order valence-electron chi connectivity index (χ3n) is 4.48. The van der Waals surface area contributed by atoms with Gasteiger partial charge in [-0.3, -0.25) is 4.57 Å². The molecule has 4 aromatic rings. The maximum atomic E-state index is 4.56. The van der Waals surface area contributed by atoms with Gasteiger partial charge in [0.05, 0.1) is 0 Å². The summed E-state index contributed by atoms with van der Waals surface area (Å²) in [5, 5.41) is 10.2. The number of thioether (sulfide) groups is 1. The number of hydrogen-bond acceptors (Lipinski definition) is 3. The van der Waals surface area contributed by atoms with Gasteiger partial charge >= 0.3 is 0 Å². The van der Waals surface area contributed by atoms with Crippen LogP contribution >= 0.6 is 11.8 Å². The van der Waals surface area contributed by atoms with E-state index in [9.17, 15) is 0 Å². The highest BCUT2D eigenvalue weighted by Gasteiger charge is 2.20. The molecule has 0 aliphatic carbocycles. The second-order valence-electron chi connectivity index (χ2n) is 6.38. The van der Waals surface area contributed by atoms with Gasteiger partial charge in [0, 0.05) is 16.5 Å². The zero-order chi connectivity index (χ0) is 19.2. The van der Waals surface area contributed by atoms with Gasteiger partial charge in [-0.15, -0.1) is 16.8 Å². The molecule has 1 unspecified atom stereocenters. The average Bonchev–Trinajstić information content (AvgIpc) is 3.19. The summed E-state index contributed by atoms with van der Waals surface area (Å²) < 4.78 is 2.14. The molecule has 0 amide bonds. The van der Waals surface area contributed by atoms with Crippen molar-refractivity contribution in [3.63, 3.8) is 0 Å². The van der Waals surface area contributed by atoms with Crippen LogP contribution < -0.4 is 0 Å². The van der Waals surface area contributed by atoms with E-state index >= 15 is 0 Å². The first kappa shape index (κ1) is 18.3. The van der Waals surface area contributed by atoms with Crippen molar-refractivity contribution >= 4 is 11.8 Å². The maximum Gasteiger partial charge on any atom is 0.196 e. The molecule has 0 fully saturated rings. The van der Waals surface area contributed by atoms with Crippen molar-refractivity contribution in [3.05, 3.63) is 109 Å². The zero-order valence-electron chi connectivity index (χ0n) is 15.5. The van der Waals surface area contributed by atoms with Crippen LogP contribution in [0.4, 0.5) is 0 Å². The molecule has 0 radical (unpaired) electrons. The van der Waals surface area contributed by atoms with Crippen molar-refractivity contribution in [3.8, 4) is 17.1 Å². The molecule has 3 nitrogen and oxygen atoms in total. The fourth-order valence-electron chi connectivity index (χ4n) is 3.13. The van der Waals surface area contributed by atoms with E-state index in [-0.39, 0.29) is 5.25 Å². The van der Waals surface area contributed by atoms with Crippen molar-refractivity contribution in [2.75, 3.05) is 0 Å². The van der Waals surface area contributed by atoms with E-state index in [0.29, 0.717) is 0 Å². The lowest BCUT2D eigenvalue weighted by Crippen LogP contribution is -2.01. The van der Waals surface area contributed by atoms with Gasteiger partial charge < -0.3 is 0 Å². The van der Waals surface area contributed by atoms with E-state index in [0.717, 1.165) is 28.7 Å². The molecule has 4 rings (SSSR count). The lowest BCUT2D eigenvalue weighted by atomic mass is 10.1. The Balaban J connectivity index is 1.79. The van der Waals surface area contributed by atoms with E-state index in [2.05, 4.69) is 69.9 Å². The molecular weight excluding hydrogens is 362 g/mol. The quantitative estimate of drug-likeness (QED) is 0.275. The lowest BCUT2D eigenvalue weighted by molar-refractivity contribution is 0.868. The summed E-state index contributed by atoms with van der Waals surface area (Å²) in [5.74, 6) is 0.847. The van der Waals surface area contributed by atoms with Crippen LogP contribution in [0.3, 0.4) is 0 Å². The van der Waals surface area contributed by atoms with Crippen molar-refractivity contribution in [2.24, 2.45) is 0 Å². The van der Waals surface area contributed by atoms with Crippen LogP contribution in [0.25, 0.3) is 17.1 Å². The molecule has 0 saturated carbocycles. The van der Waals surface area contributed by atoms with E-state index < -0.39 is 0 Å². The number of rotatable bonds is 7. The Morgan fingerprint density at radius 3 is 2.07 bits per heavy atom. The highest BCUT2D eigenvalue weighted by Crippen LogP contribution is 2.39. The van der Waals surface area contributed by atoms with Gasteiger partial charge in [0.2, 0.25) is 0 Å². The summed E-state index contributed by atoms with van der Waals surface area (Å²) in [5.41, 5.74) is 3.36. The van der Waals surface area contributed by atoms with Gasteiger partial charge in [-0.25, -0.2) is 0 Å². The van der Waals surface area contributed by atoms with Gasteiger partial charge in [-0.05, 0) is 24.1 Å². The van der Waals surface area contributed by atoms with E-state index in [1.54, 1.807) is 11.8 Å².